The van der Waals surface area contributed by atoms with Gasteiger partial charge in [-0.15, -0.1) is 11.6 Å². The first-order chi connectivity index (χ1) is 4.45. The zero-order valence-electron chi connectivity index (χ0n) is 5.85. The van der Waals surface area contributed by atoms with Crippen LogP contribution in [0.2, 0.25) is 0 Å². The molecule has 2 N–H and O–H groups in total. The largest absolute Gasteiger partial charge is 0.353 e. The van der Waals surface area contributed by atoms with E-state index in [0.29, 0.717) is 6.42 Å². The molecule has 1 atom stereocenters. The average molecular weight is 187 g/mol. The van der Waals surface area contributed by atoms with Crippen LogP contribution in [0.3, 0.4) is 0 Å². The van der Waals surface area contributed by atoms with Crippen LogP contribution in [0.4, 0.5) is 0 Å². The van der Waals surface area contributed by atoms with Gasteiger partial charge in [0.15, 0.2) is 0 Å². The molecule has 62 valence electrons. The molecule has 0 amide bonds. The van der Waals surface area contributed by atoms with E-state index in [1.165, 1.54) is 0 Å². The lowest BCUT2D eigenvalue weighted by molar-refractivity contribution is -0.0904. The molecule has 0 fully saturated rings. The van der Waals surface area contributed by atoms with Crippen molar-refractivity contribution in [1.82, 2.24) is 0 Å². The van der Waals surface area contributed by atoms with Crippen LogP contribution in [0.15, 0.2) is 0 Å². The van der Waals surface area contributed by atoms with Crippen molar-refractivity contribution in [3.8, 4) is 0 Å². The zero-order valence-corrected chi connectivity index (χ0v) is 7.36. The zero-order chi connectivity index (χ0) is 8.20. The molecule has 0 rings (SSSR count). The fourth-order valence-electron chi connectivity index (χ4n) is 0.544. The first-order valence-corrected chi connectivity index (χ1v) is 4.05. The summed E-state index contributed by atoms with van der Waals surface area (Å²) >= 11 is 10.8. The molecule has 0 bridgehead atoms. The van der Waals surface area contributed by atoms with Gasteiger partial charge in [-0.3, -0.25) is 0 Å². The molecule has 0 aromatic heterocycles. The second-order valence-corrected chi connectivity index (χ2v) is 3.49. The summed E-state index contributed by atoms with van der Waals surface area (Å²) in [6, 6.07) is 0. The molecule has 0 saturated heterocycles. The third-order valence-corrected chi connectivity index (χ3v) is 1.93. The van der Waals surface area contributed by atoms with E-state index >= 15 is 0 Å². The molecule has 0 saturated carbocycles. The Kier molecular flexibility index (Phi) is 4.61. The van der Waals surface area contributed by atoms with Crippen molar-refractivity contribution in [2.75, 3.05) is 0 Å². The molecule has 2 nitrogen and oxygen atoms in total. The number of hydrogen-bond acceptors (Lipinski definition) is 2. The molecule has 0 aromatic carbocycles. The van der Waals surface area contributed by atoms with Crippen molar-refractivity contribution >= 4 is 23.2 Å². The van der Waals surface area contributed by atoms with Crippen LogP contribution in [-0.2, 0) is 0 Å². The van der Waals surface area contributed by atoms with Crippen LogP contribution >= 0.6 is 23.2 Å². The summed E-state index contributed by atoms with van der Waals surface area (Å²) in [6.45, 7) is 1.93. The lowest BCUT2D eigenvalue weighted by Gasteiger charge is -2.13. The SMILES string of the molecule is CCC(Cl)CCC(O)(O)Cl. The predicted molar refractivity (Wildman–Crippen MR) is 42.2 cm³/mol. The van der Waals surface area contributed by atoms with Crippen molar-refractivity contribution in [3.63, 3.8) is 0 Å². The van der Waals surface area contributed by atoms with Gasteiger partial charge in [0.25, 0.3) is 0 Å². The maximum absolute atomic E-state index is 8.62. The Hall–Kier alpha value is 0.500. The van der Waals surface area contributed by atoms with Crippen LogP contribution in [0.1, 0.15) is 26.2 Å². The van der Waals surface area contributed by atoms with Gasteiger partial charge in [-0.05, 0) is 12.8 Å². The normalized spacial score (nSPS) is 15.3. The fourth-order valence-corrected chi connectivity index (χ4v) is 0.763. The van der Waals surface area contributed by atoms with Crippen molar-refractivity contribution in [1.29, 1.82) is 0 Å². The molecule has 10 heavy (non-hydrogen) atoms. The van der Waals surface area contributed by atoms with E-state index in [1.54, 1.807) is 0 Å². The molecule has 0 aromatic rings. The van der Waals surface area contributed by atoms with Gasteiger partial charge < -0.3 is 10.2 Å². The smallest absolute Gasteiger partial charge is 0.243 e. The van der Waals surface area contributed by atoms with E-state index in [4.69, 9.17) is 33.4 Å². The monoisotopic (exact) mass is 186 g/mol. The van der Waals surface area contributed by atoms with Crippen LogP contribution < -0.4 is 0 Å². The van der Waals surface area contributed by atoms with Crippen molar-refractivity contribution in [3.05, 3.63) is 0 Å². The Balaban J connectivity index is 3.36. The summed E-state index contributed by atoms with van der Waals surface area (Å²) in [4.78, 5) is 0. The van der Waals surface area contributed by atoms with E-state index < -0.39 is 5.25 Å². The average Bonchev–Trinajstić information content (AvgIpc) is 1.81. The van der Waals surface area contributed by atoms with E-state index in [-0.39, 0.29) is 11.8 Å². The molecule has 0 aliphatic rings. The number of hydrogen-bond donors (Lipinski definition) is 2. The van der Waals surface area contributed by atoms with E-state index in [0.717, 1.165) is 6.42 Å². The van der Waals surface area contributed by atoms with Gasteiger partial charge in [0.2, 0.25) is 5.25 Å². The van der Waals surface area contributed by atoms with Gasteiger partial charge in [0, 0.05) is 11.8 Å². The Morgan fingerprint density at radius 1 is 1.50 bits per heavy atom. The third kappa shape index (κ3) is 6.62. The number of rotatable bonds is 4. The summed E-state index contributed by atoms with van der Waals surface area (Å²) in [7, 11) is 0. The van der Waals surface area contributed by atoms with Crippen LogP contribution in [0.25, 0.3) is 0 Å². The molecular weight excluding hydrogens is 175 g/mol. The van der Waals surface area contributed by atoms with Crippen molar-refractivity contribution in [2.45, 2.75) is 36.8 Å². The molecule has 0 heterocycles. The van der Waals surface area contributed by atoms with Gasteiger partial charge in [-0.25, -0.2) is 0 Å². The minimum Gasteiger partial charge on any atom is -0.353 e. The predicted octanol–water partition coefficient (Wildman–Crippen LogP) is 1.66. The maximum atomic E-state index is 8.62. The Labute approximate surface area is 70.8 Å². The first kappa shape index (κ1) is 10.5. The Bertz CT molecular complexity index is 90.2. The number of aliphatic hydroxyl groups is 2. The van der Waals surface area contributed by atoms with Crippen molar-refractivity contribution < 1.29 is 10.2 Å². The Morgan fingerprint density at radius 3 is 2.30 bits per heavy atom. The molecule has 4 heteroatoms. The van der Waals surface area contributed by atoms with Crippen molar-refractivity contribution in [2.24, 2.45) is 0 Å². The highest BCUT2D eigenvalue weighted by atomic mass is 35.5. The summed E-state index contributed by atoms with van der Waals surface area (Å²) in [5.41, 5.74) is 0. The number of halogens is 2. The molecular formula is C6H12Cl2O2. The van der Waals surface area contributed by atoms with Gasteiger partial charge in [-0.1, -0.05) is 18.5 Å². The second-order valence-electron chi connectivity index (χ2n) is 2.26. The topological polar surface area (TPSA) is 40.5 Å². The third-order valence-electron chi connectivity index (χ3n) is 1.22. The second kappa shape index (κ2) is 4.39. The molecule has 0 aliphatic heterocycles. The molecule has 0 spiro atoms. The standard InChI is InChI=1S/C6H12Cl2O2/c1-2-5(7)3-4-6(8,9)10/h5,9-10H,2-4H2,1H3. The lowest BCUT2D eigenvalue weighted by atomic mass is 10.2. The van der Waals surface area contributed by atoms with Gasteiger partial charge >= 0.3 is 0 Å². The van der Waals surface area contributed by atoms with Crippen LogP contribution in [0.5, 0.6) is 0 Å². The maximum Gasteiger partial charge on any atom is 0.243 e. The van der Waals surface area contributed by atoms with Gasteiger partial charge in [0.1, 0.15) is 0 Å². The summed E-state index contributed by atoms with van der Waals surface area (Å²) < 4.78 is 0. The van der Waals surface area contributed by atoms with Crippen LogP contribution in [0, 0.1) is 0 Å². The highest BCUT2D eigenvalue weighted by Crippen LogP contribution is 2.18. The molecule has 0 radical (unpaired) electrons. The van der Waals surface area contributed by atoms with E-state index in [1.807, 2.05) is 6.92 Å². The minimum atomic E-state index is -2.08. The quantitative estimate of drug-likeness (QED) is 0.519. The minimum absolute atomic E-state index is 0.0163. The fraction of sp³-hybridized carbons (Fsp3) is 1.00. The highest BCUT2D eigenvalue weighted by molar-refractivity contribution is 6.22. The van der Waals surface area contributed by atoms with Crippen LogP contribution in [-0.4, -0.2) is 20.8 Å². The van der Waals surface area contributed by atoms with Gasteiger partial charge in [-0.2, -0.15) is 0 Å². The van der Waals surface area contributed by atoms with E-state index in [2.05, 4.69) is 0 Å². The highest BCUT2D eigenvalue weighted by Gasteiger charge is 2.19. The van der Waals surface area contributed by atoms with Gasteiger partial charge in [0.05, 0.1) is 0 Å². The summed E-state index contributed by atoms with van der Waals surface area (Å²) in [5, 5.41) is 15.2. The first-order valence-electron chi connectivity index (χ1n) is 3.23. The number of alkyl halides is 2. The summed E-state index contributed by atoms with van der Waals surface area (Å²) in [6.07, 6.45) is 1.44. The Morgan fingerprint density at radius 2 is 2.00 bits per heavy atom. The molecule has 0 aliphatic carbocycles. The molecule has 1 unspecified atom stereocenters. The lowest BCUT2D eigenvalue weighted by Crippen LogP contribution is -2.20. The summed E-state index contributed by atoms with van der Waals surface area (Å²) in [5.74, 6) is 0. The van der Waals surface area contributed by atoms with E-state index in [9.17, 15) is 0 Å².